The van der Waals surface area contributed by atoms with Crippen LogP contribution in [0.2, 0.25) is 0 Å². The molecule has 1 unspecified atom stereocenters. The fourth-order valence-electron chi connectivity index (χ4n) is 2.16. The summed E-state index contributed by atoms with van der Waals surface area (Å²) in [5, 5.41) is 16.4. The maximum absolute atomic E-state index is 8.83. The number of anilines is 1. The lowest BCUT2D eigenvalue weighted by Crippen LogP contribution is -2.18. The monoisotopic (exact) mass is 290 g/mol. The van der Waals surface area contributed by atoms with E-state index in [4.69, 9.17) is 5.26 Å². The van der Waals surface area contributed by atoms with Gasteiger partial charge in [0, 0.05) is 6.20 Å². The molecule has 0 bridgehead atoms. The highest BCUT2D eigenvalue weighted by atomic mass is 15.3. The van der Waals surface area contributed by atoms with Gasteiger partial charge in [-0.15, -0.1) is 0 Å². The summed E-state index contributed by atoms with van der Waals surface area (Å²) in [5.74, 6) is 0.716. The molecule has 6 heteroatoms. The maximum Gasteiger partial charge on any atom is 0.137 e. The topological polar surface area (TPSA) is 79.4 Å². The zero-order valence-corrected chi connectivity index (χ0v) is 11.8. The highest BCUT2D eigenvalue weighted by Gasteiger charge is 2.13. The first kappa shape index (κ1) is 13.8. The lowest BCUT2D eigenvalue weighted by Gasteiger charge is -2.19. The zero-order chi connectivity index (χ0) is 15.2. The van der Waals surface area contributed by atoms with Gasteiger partial charge in [-0.25, -0.2) is 9.97 Å². The Hall–Kier alpha value is -3.20. The van der Waals surface area contributed by atoms with E-state index in [1.165, 1.54) is 6.33 Å². The third-order valence-corrected chi connectivity index (χ3v) is 3.25. The number of aromatic nitrogens is 4. The molecule has 1 atom stereocenters. The Morgan fingerprint density at radius 1 is 1.18 bits per heavy atom. The molecule has 0 saturated carbocycles. The predicted octanol–water partition coefficient (Wildman–Crippen LogP) is 2.40. The molecule has 2 aromatic heterocycles. The summed E-state index contributed by atoms with van der Waals surface area (Å²) < 4.78 is 1.77. The zero-order valence-electron chi connectivity index (χ0n) is 11.8. The SMILES string of the molecule is N#Cc1ccc(NC(Cn2cncn2)c2ccccc2)nc1. The van der Waals surface area contributed by atoms with Gasteiger partial charge in [0.05, 0.1) is 18.2 Å². The minimum atomic E-state index is 0.00309. The Labute approximate surface area is 128 Å². The van der Waals surface area contributed by atoms with Crippen molar-refractivity contribution in [1.82, 2.24) is 19.7 Å². The number of nitrogens with one attached hydrogen (secondary N) is 1. The third-order valence-electron chi connectivity index (χ3n) is 3.25. The number of nitrogens with zero attached hydrogens (tertiary/aromatic N) is 5. The highest BCUT2D eigenvalue weighted by molar-refractivity contribution is 5.41. The van der Waals surface area contributed by atoms with Crippen LogP contribution < -0.4 is 5.32 Å². The molecule has 0 aliphatic heterocycles. The van der Waals surface area contributed by atoms with E-state index in [1.807, 2.05) is 18.2 Å². The van der Waals surface area contributed by atoms with Crippen LogP contribution in [0, 0.1) is 11.3 Å². The number of pyridine rings is 1. The molecular formula is C16H14N6. The molecule has 0 aliphatic rings. The van der Waals surface area contributed by atoms with Crippen LogP contribution in [0.15, 0.2) is 61.3 Å². The van der Waals surface area contributed by atoms with Gasteiger partial charge in [0.2, 0.25) is 0 Å². The molecular weight excluding hydrogens is 276 g/mol. The summed E-state index contributed by atoms with van der Waals surface area (Å²) in [6.45, 7) is 0.631. The van der Waals surface area contributed by atoms with Crippen molar-refractivity contribution in [2.24, 2.45) is 0 Å². The normalized spacial score (nSPS) is 11.6. The Morgan fingerprint density at radius 2 is 2.05 bits per heavy atom. The van der Waals surface area contributed by atoms with Crippen LogP contribution >= 0.6 is 0 Å². The highest BCUT2D eigenvalue weighted by Crippen LogP contribution is 2.20. The molecule has 1 N–H and O–H groups in total. The molecule has 3 aromatic rings. The van der Waals surface area contributed by atoms with Crippen LogP contribution in [0.5, 0.6) is 0 Å². The summed E-state index contributed by atoms with van der Waals surface area (Å²) in [7, 11) is 0. The Balaban J connectivity index is 1.83. The molecule has 0 aliphatic carbocycles. The van der Waals surface area contributed by atoms with E-state index >= 15 is 0 Å². The first-order chi connectivity index (χ1) is 10.8. The molecule has 1 aromatic carbocycles. The molecule has 0 radical (unpaired) electrons. The molecule has 0 saturated heterocycles. The van der Waals surface area contributed by atoms with Crippen molar-refractivity contribution in [3.8, 4) is 6.07 Å². The smallest absolute Gasteiger partial charge is 0.137 e. The van der Waals surface area contributed by atoms with Crippen LogP contribution in [0.3, 0.4) is 0 Å². The first-order valence-electron chi connectivity index (χ1n) is 6.85. The van der Waals surface area contributed by atoms with Crippen LogP contribution in [0.1, 0.15) is 17.2 Å². The van der Waals surface area contributed by atoms with E-state index in [0.29, 0.717) is 17.9 Å². The fraction of sp³-hybridized carbons (Fsp3) is 0.125. The average molecular weight is 290 g/mol. The van der Waals surface area contributed by atoms with Crippen molar-refractivity contribution in [2.45, 2.75) is 12.6 Å². The van der Waals surface area contributed by atoms with Crippen LogP contribution in [0.4, 0.5) is 5.82 Å². The summed E-state index contributed by atoms with van der Waals surface area (Å²) in [6, 6.07) is 15.7. The van der Waals surface area contributed by atoms with Crippen molar-refractivity contribution < 1.29 is 0 Å². The summed E-state index contributed by atoms with van der Waals surface area (Å²) >= 11 is 0. The van der Waals surface area contributed by atoms with Gasteiger partial charge in [-0.3, -0.25) is 4.68 Å². The lowest BCUT2D eigenvalue weighted by molar-refractivity contribution is 0.549. The predicted molar refractivity (Wildman–Crippen MR) is 81.8 cm³/mol. The molecule has 3 rings (SSSR count). The minimum Gasteiger partial charge on any atom is -0.361 e. The Kier molecular flexibility index (Phi) is 4.07. The number of hydrogen-bond donors (Lipinski definition) is 1. The van der Waals surface area contributed by atoms with Gasteiger partial charge in [0.1, 0.15) is 24.5 Å². The standard InChI is InChI=1S/C16H14N6/c17-8-13-6-7-16(19-9-13)21-15(10-22-12-18-11-20-22)14-4-2-1-3-5-14/h1-7,9,11-12,15H,10H2,(H,19,21). The minimum absolute atomic E-state index is 0.00309. The maximum atomic E-state index is 8.83. The average Bonchev–Trinajstić information content (AvgIpc) is 3.09. The summed E-state index contributed by atoms with van der Waals surface area (Å²) in [5.41, 5.74) is 1.67. The quantitative estimate of drug-likeness (QED) is 0.780. The van der Waals surface area contributed by atoms with Gasteiger partial charge in [0.25, 0.3) is 0 Å². The van der Waals surface area contributed by atoms with Crippen LogP contribution in [-0.4, -0.2) is 19.7 Å². The number of nitriles is 1. The third kappa shape index (κ3) is 3.27. The number of rotatable bonds is 5. The first-order valence-corrected chi connectivity index (χ1v) is 6.85. The summed E-state index contributed by atoms with van der Waals surface area (Å²) in [4.78, 5) is 8.24. The van der Waals surface area contributed by atoms with Crippen molar-refractivity contribution in [3.63, 3.8) is 0 Å². The van der Waals surface area contributed by atoms with E-state index in [-0.39, 0.29) is 6.04 Å². The molecule has 0 amide bonds. The molecule has 6 nitrogen and oxygen atoms in total. The van der Waals surface area contributed by atoms with E-state index in [0.717, 1.165) is 5.56 Å². The summed E-state index contributed by atoms with van der Waals surface area (Å²) in [6.07, 6.45) is 4.76. The Bertz CT molecular complexity index is 744. The van der Waals surface area contributed by atoms with Crippen molar-refractivity contribution in [2.75, 3.05) is 5.32 Å². The van der Waals surface area contributed by atoms with Crippen molar-refractivity contribution >= 4 is 5.82 Å². The van der Waals surface area contributed by atoms with E-state index in [2.05, 4.69) is 38.6 Å². The number of hydrogen-bond acceptors (Lipinski definition) is 5. The van der Waals surface area contributed by atoms with Gasteiger partial charge in [-0.2, -0.15) is 10.4 Å². The van der Waals surface area contributed by atoms with Crippen LogP contribution in [0.25, 0.3) is 0 Å². The van der Waals surface area contributed by atoms with Crippen molar-refractivity contribution in [3.05, 3.63) is 72.4 Å². The van der Waals surface area contributed by atoms with Crippen LogP contribution in [-0.2, 0) is 6.54 Å². The van der Waals surface area contributed by atoms with E-state index < -0.39 is 0 Å². The van der Waals surface area contributed by atoms with Gasteiger partial charge < -0.3 is 5.32 Å². The number of benzene rings is 1. The molecule has 0 spiro atoms. The molecule has 2 heterocycles. The van der Waals surface area contributed by atoms with E-state index in [1.54, 1.807) is 29.3 Å². The molecule has 22 heavy (non-hydrogen) atoms. The van der Waals surface area contributed by atoms with Gasteiger partial charge in [-0.1, -0.05) is 30.3 Å². The van der Waals surface area contributed by atoms with E-state index in [9.17, 15) is 0 Å². The second kappa shape index (κ2) is 6.50. The van der Waals surface area contributed by atoms with Crippen molar-refractivity contribution in [1.29, 1.82) is 5.26 Å². The largest absolute Gasteiger partial charge is 0.361 e. The second-order valence-corrected chi connectivity index (χ2v) is 4.77. The lowest BCUT2D eigenvalue weighted by atomic mass is 10.1. The molecule has 108 valence electrons. The van der Waals surface area contributed by atoms with Gasteiger partial charge in [-0.05, 0) is 17.7 Å². The van der Waals surface area contributed by atoms with Gasteiger partial charge >= 0.3 is 0 Å². The second-order valence-electron chi connectivity index (χ2n) is 4.77. The Morgan fingerprint density at radius 3 is 2.68 bits per heavy atom. The van der Waals surface area contributed by atoms with Gasteiger partial charge in [0.15, 0.2) is 0 Å². The fourth-order valence-corrected chi connectivity index (χ4v) is 2.16. The molecule has 0 fully saturated rings.